The maximum absolute atomic E-state index is 13.4. The fourth-order valence-electron chi connectivity index (χ4n) is 4.13. The molecule has 0 bridgehead atoms. The van der Waals surface area contributed by atoms with Gasteiger partial charge in [-0.2, -0.15) is 0 Å². The van der Waals surface area contributed by atoms with Crippen molar-refractivity contribution in [3.05, 3.63) is 95.5 Å². The van der Waals surface area contributed by atoms with Crippen molar-refractivity contribution in [3.63, 3.8) is 0 Å². The largest absolute Gasteiger partial charge is 0.487 e. The van der Waals surface area contributed by atoms with E-state index in [4.69, 9.17) is 21.1 Å². The summed E-state index contributed by atoms with van der Waals surface area (Å²) in [5.41, 5.74) is 2.74. The molecule has 8 nitrogen and oxygen atoms in total. The van der Waals surface area contributed by atoms with Gasteiger partial charge in [-0.3, -0.25) is 9.69 Å². The van der Waals surface area contributed by atoms with Crippen LogP contribution in [-0.4, -0.2) is 53.6 Å². The highest BCUT2D eigenvalue weighted by Gasteiger charge is 2.10. The number of benzene rings is 3. The molecule has 0 spiro atoms. The summed E-state index contributed by atoms with van der Waals surface area (Å²) in [6.07, 6.45) is 4.86. The minimum atomic E-state index is -0.318. The summed E-state index contributed by atoms with van der Waals surface area (Å²) < 4.78 is 24.5. The number of ether oxygens (including phenoxy) is 2. The molecule has 0 aliphatic carbocycles. The Morgan fingerprint density at radius 2 is 1.92 bits per heavy atom. The number of aromatic nitrogens is 2. The average molecular weight is 547 g/mol. The fourth-order valence-corrected chi connectivity index (χ4v) is 4.37. The van der Waals surface area contributed by atoms with Crippen molar-refractivity contribution in [1.29, 1.82) is 0 Å². The van der Waals surface area contributed by atoms with Crippen LogP contribution in [0.4, 0.5) is 21.6 Å². The minimum absolute atomic E-state index is 0.192. The summed E-state index contributed by atoms with van der Waals surface area (Å²) >= 11 is 6.45. The molecule has 0 unspecified atom stereocenters. The lowest BCUT2D eigenvalue weighted by Gasteiger charge is -2.25. The second-order valence-corrected chi connectivity index (χ2v) is 9.35. The first-order valence-electron chi connectivity index (χ1n) is 12.5. The Hall–Kier alpha value is -4.05. The van der Waals surface area contributed by atoms with Gasteiger partial charge in [0.15, 0.2) is 0 Å². The molecule has 5 rings (SSSR count). The van der Waals surface area contributed by atoms with Gasteiger partial charge in [0.05, 0.1) is 23.8 Å². The third kappa shape index (κ3) is 7.29. The van der Waals surface area contributed by atoms with E-state index in [1.54, 1.807) is 36.4 Å². The van der Waals surface area contributed by atoms with E-state index in [-0.39, 0.29) is 18.3 Å². The Bertz CT molecular complexity index is 1490. The number of fused-ring (bicyclic) bond motifs is 1. The number of carbonyl (C=O) groups excluding carboxylic acids is 1. The van der Waals surface area contributed by atoms with Gasteiger partial charge in [0.1, 0.15) is 30.3 Å². The Morgan fingerprint density at radius 1 is 1.08 bits per heavy atom. The van der Waals surface area contributed by atoms with E-state index >= 15 is 0 Å². The molecule has 4 aromatic rings. The zero-order chi connectivity index (χ0) is 27.0. The number of hydrogen-bond donors (Lipinski definition) is 2. The zero-order valence-electron chi connectivity index (χ0n) is 21.1. The quantitative estimate of drug-likeness (QED) is 0.265. The van der Waals surface area contributed by atoms with Crippen molar-refractivity contribution in [1.82, 2.24) is 14.9 Å². The number of morpholine rings is 1. The van der Waals surface area contributed by atoms with Gasteiger partial charge < -0.3 is 20.1 Å². The van der Waals surface area contributed by atoms with Gasteiger partial charge >= 0.3 is 0 Å². The van der Waals surface area contributed by atoms with Crippen molar-refractivity contribution < 1.29 is 18.7 Å². The van der Waals surface area contributed by atoms with E-state index in [0.717, 1.165) is 37.2 Å². The third-order valence-corrected chi connectivity index (χ3v) is 6.41. The summed E-state index contributed by atoms with van der Waals surface area (Å²) in [5, 5.41) is 7.29. The molecule has 1 aromatic heterocycles. The van der Waals surface area contributed by atoms with Crippen LogP contribution >= 0.6 is 11.6 Å². The highest BCUT2D eigenvalue weighted by molar-refractivity contribution is 6.32. The number of nitrogens with one attached hydrogen (secondary N) is 2. The van der Waals surface area contributed by atoms with E-state index in [1.165, 1.54) is 18.5 Å². The number of anilines is 3. The summed E-state index contributed by atoms with van der Waals surface area (Å²) in [4.78, 5) is 23.4. The zero-order valence-corrected chi connectivity index (χ0v) is 21.8. The third-order valence-electron chi connectivity index (χ3n) is 6.12. The van der Waals surface area contributed by atoms with Crippen LogP contribution in [0.2, 0.25) is 5.02 Å². The lowest BCUT2D eigenvalue weighted by atomic mass is 10.00. The molecule has 1 saturated heterocycles. The first-order chi connectivity index (χ1) is 19.0. The van der Waals surface area contributed by atoms with Crippen molar-refractivity contribution in [3.8, 4) is 5.75 Å². The van der Waals surface area contributed by atoms with Gasteiger partial charge in [0.2, 0.25) is 5.91 Å². The van der Waals surface area contributed by atoms with Crippen LogP contribution in [0.5, 0.6) is 5.75 Å². The average Bonchev–Trinajstić information content (AvgIpc) is 2.93. The fraction of sp³-hybridized carbons (Fsp3) is 0.207. The highest BCUT2D eigenvalue weighted by Crippen LogP contribution is 2.31. The summed E-state index contributed by atoms with van der Waals surface area (Å²) in [7, 11) is 0. The number of halogens is 2. The predicted octanol–water partition coefficient (Wildman–Crippen LogP) is 5.57. The van der Waals surface area contributed by atoms with E-state index < -0.39 is 0 Å². The molecule has 0 atom stereocenters. The molecular formula is C29H27ClFN5O3. The molecule has 1 amide bonds. The summed E-state index contributed by atoms with van der Waals surface area (Å²) in [6, 6.07) is 16.9. The molecule has 200 valence electrons. The topological polar surface area (TPSA) is 88.6 Å². The first-order valence-corrected chi connectivity index (χ1v) is 12.9. The van der Waals surface area contributed by atoms with Crippen molar-refractivity contribution in [2.24, 2.45) is 0 Å². The van der Waals surface area contributed by atoms with Gasteiger partial charge in [-0.1, -0.05) is 29.8 Å². The van der Waals surface area contributed by atoms with Crippen LogP contribution in [-0.2, 0) is 16.1 Å². The molecule has 3 aromatic carbocycles. The molecule has 10 heteroatoms. The van der Waals surface area contributed by atoms with Gasteiger partial charge in [-0.25, -0.2) is 14.4 Å². The maximum atomic E-state index is 13.4. The van der Waals surface area contributed by atoms with Gasteiger partial charge in [0, 0.05) is 42.5 Å². The molecular weight excluding hydrogens is 520 g/mol. The van der Waals surface area contributed by atoms with Crippen LogP contribution in [0.15, 0.2) is 79.1 Å². The summed E-state index contributed by atoms with van der Waals surface area (Å²) in [5.74, 6) is 0.505. The van der Waals surface area contributed by atoms with Crippen LogP contribution in [0, 0.1) is 5.82 Å². The van der Waals surface area contributed by atoms with Crippen LogP contribution < -0.4 is 15.4 Å². The minimum Gasteiger partial charge on any atom is -0.487 e. The number of carbonyl (C=O) groups is 1. The van der Waals surface area contributed by atoms with E-state index in [2.05, 4.69) is 25.5 Å². The Balaban J connectivity index is 1.24. The summed E-state index contributed by atoms with van der Waals surface area (Å²) in [6.45, 7) is 4.06. The normalized spacial score (nSPS) is 14.0. The standard InChI is InChI=1S/C29H27ClFN5O3/c30-25-17-23(7-9-27(25)39-18-20-3-1-4-21(31)15-20)35-29-24-16-22(6-8-26(24)32-19-33-29)34-28(37)5-2-10-36-11-13-38-14-12-36/h1-9,15-17,19H,10-14,18H2,(H,34,37)(H,32,33,35)/b5-2+/i28-1. The van der Waals surface area contributed by atoms with Crippen molar-refractivity contribution in [2.75, 3.05) is 43.5 Å². The predicted molar refractivity (Wildman–Crippen MR) is 150 cm³/mol. The van der Waals surface area contributed by atoms with E-state index in [9.17, 15) is 9.18 Å². The monoisotopic (exact) mass is 546 g/mol. The van der Waals surface area contributed by atoms with Crippen LogP contribution in [0.1, 0.15) is 5.56 Å². The van der Waals surface area contributed by atoms with Crippen molar-refractivity contribution >= 4 is 45.6 Å². The molecule has 1 aliphatic rings. The molecule has 0 saturated carbocycles. The Labute approximate surface area is 230 Å². The van der Waals surface area contributed by atoms with Crippen LogP contribution in [0.25, 0.3) is 10.9 Å². The molecule has 2 N–H and O–H groups in total. The smallest absolute Gasteiger partial charge is 0.248 e. The molecule has 39 heavy (non-hydrogen) atoms. The second-order valence-electron chi connectivity index (χ2n) is 8.95. The molecule has 1 aliphatic heterocycles. The maximum Gasteiger partial charge on any atom is 0.248 e. The highest BCUT2D eigenvalue weighted by atomic mass is 35.5. The lowest BCUT2D eigenvalue weighted by Crippen LogP contribution is -2.36. The number of nitrogens with zero attached hydrogens (tertiary/aromatic N) is 3. The first kappa shape index (κ1) is 26.6. The van der Waals surface area contributed by atoms with E-state index in [0.29, 0.717) is 40.1 Å². The lowest BCUT2D eigenvalue weighted by molar-refractivity contribution is -0.111. The van der Waals surface area contributed by atoms with Crippen LogP contribution in [0.3, 0.4) is 0 Å². The molecule has 1 fully saturated rings. The SMILES string of the molecule is O=[11C](/C=C/CN1CCOCC1)Nc1ccc2ncnc(Nc3ccc(OCc4cccc(F)c4)c(Cl)c3)c2c1. The molecule has 0 radical (unpaired) electrons. The van der Waals surface area contributed by atoms with Gasteiger partial charge in [-0.15, -0.1) is 0 Å². The Kier molecular flexibility index (Phi) is 8.62. The van der Waals surface area contributed by atoms with Gasteiger partial charge in [0.25, 0.3) is 0 Å². The van der Waals surface area contributed by atoms with Crippen molar-refractivity contribution in [2.45, 2.75) is 6.61 Å². The molecule has 2 heterocycles. The van der Waals surface area contributed by atoms with Gasteiger partial charge in [-0.05, 0) is 54.1 Å². The van der Waals surface area contributed by atoms with E-state index in [1.807, 2.05) is 24.3 Å². The number of hydrogen-bond acceptors (Lipinski definition) is 7. The number of rotatable bonds is 9. The Morgan fingerprint density at radius 3 is 2.74 bits per heavy atom. The number of amides is 1. The second kappa shape index (κ2) is 12.7.